The van der Waals surface area contributed by atoms with E-state index in [1.54, 1.807) is 24.3 Å². The number of nitrogens with zero attached hydrogens (tertiary/aromatic N) is 1. The normalized spacial score (nSPS) is 11.2. The number of oxazole rings is 1. The molecule has 0 fully saturated rings. The van der Waals surface area contributed by atoms with E-state index in [4.69, 9.17) is 14.3 Å². The lowest BCUT2D eigenvalue weighted by Gasteiger charge is -2.04. The predicted molar refractivity (Wildman–Crippen MR) is 112 cm³/mol. The van der Waals surface area contributed by atoms with Gasteiger partial charge in [0.2, 0.25) is 5.89 Å². The second-order valence-electron chi connectivity index (χ2n) is 6.61. The van der Waals surface area contributed by atoms with Crippen LogP contribution in [0.5, 0.6) is 5.75 Å². The molecule has 0 aliphatic rings. The van der Waals surface area contributed by atoms with Gasteiger partial charge in [-0.2, -0.15) is 0 Å². The van der Waals surface area contributed by atoms with Crippen LogP contribution in [0.4, 0.5) is 0 Å². The van der Waals surface area contributed by atoms with Gasteiger partial charge in [-0.05, 0) is 53.6 Å². The Balaban J connectivity index is 1.47. The van der Waals surface area contributed by atoms with Gasteiger partial charge in [0.1, 0.15) is 23.8 Å². The lowest BCUT2D eigenvalue weighted by Crippen LogP contribution is -1.97. The van der Waals surface area contributed by atoms with E-state index < -0.39 is 5.97 Å². The van der Waals surface area contributed by atoms with Crippen molar-refractivity contribution in [3.63, 3.8) is 0 Å². The summed E-state index contributed by atoms with van der Waals surface area (Å²) in [6.07, 6.45) is 2.63. The molecule has 0 saturated heterocycles. The molecule has 0 amide bonds. The van der Waals surface area contributed by atoms with Gasteiger partial charge in [-0.1, -0.05) is 42.5 Å². The van der Waals surface area contributed by atoms with Crippen LogP contribution in [0.15, 0.2) is 77.2 Å². The molecule has 0 saturated carbocycles. The third kappa shape index (κ3) is 4.35. The average Bonchev–Trinajstić information content (AvgIpc) is 3.11. The van der Waals surface area contributed by atoms with Gasteiger partial charge in [-0.25, -0.2) is 9.78 Å². The van der Waals surface area contributed by atoms with Gasteiger partial charge in [-0.3, -0.25) is 0 Å². The number of aromatic nitrogens is 1. The zero-order chi connectivity index (χ0) is 20.2. The van der Waals surface area contributed by atoms with E-state index in [2.05, 4.69) is 29.2 Å². The molecule has 1 N–H and O–H groups in total. The third-order valence-electron chi connectivity index (χ3n) is 4.56. The number of ether oxygens (including phenoxy) is 1. The first-order valence-corrected chi connectivity index (χ1v) is 9.18. The zero-order valence-electron chi connectivity index (χ0n) is 15.8. The SMILES string of the molecule is Cc1oc(-c2ccc3ccccc3c2)nc1COc1ccc(C=CC(=O)O)cc1. The van der Waals surface area contributed by atoms with Gasteiger partial charge in [0.15, 0.2) is 0 Å². The van der Waals surface area contributed by atoms with Gasteiger partial charge in [0, 0.05) is 11.6 Å². The van der Waals surface area contributed by atoms with Gasteiger partial charge in [0.05, 0.1) is 0 Å². The molecule has 0 radical (unpaired) electrons. The Bertz CT molecular complexity index is 1190. The number of aliphatic carboxylic acids is 1. The van der Waals surface area contributed by atoms with Crippen molar-refractivity contribution in [3.05, 3.63) is 89.8 Å². The second-order valence-corrected chi connectivity index (χ2v) is 6.61. The summed E-state index contributed by atoms with van der Waals surface area (Å²) in [6, 6.07) is 21.5. The summed E-state index contributed by atoms with van der Waals surface area (Å²) in [4.78, 5) is 15.2. The van der Waals surface area contributed by atoms with Crippen molar-refractivity contribution in [1.29, 1.82) is 0 Å². The molecule has 0 atom stereocenters. The van der Waals surface area contributed by atoms with Crippen molar-refractivity contribution in [2.24, 2.45) is 0 Å². The summed E-state index contributed by atoms with van der Waals surface area (Å²) >= 11 is 0. The number of aryl methyl sites for hydroxylation is 1. The number of benzene rings is 3. The summed E-state index contributed by atoms with van der Waals surface area (Å²) < 4.78 is 11.7. The fraction of sp³-hybridized carbons (Fsp3) is 0.0833. The Hall–Kier alpha value is -3.86. The van der Waals surface area contributed by atoms with Crippen LogP contribution in [0.2, 0.25) is 0 Å². The largest absolute Gasteiger partial charge is 0.487 e. The summed E-state index contributed by atoms with van der Waals surface area (Å²) in [5, 5.41) is 11.0. The van der Waals surface area contributed by atoms with Crippen molar-refractivity contribution in [2.45, 2.75) is 13.5 Å². The standard InChI is InChI=1S/C24H19NO4/c1-16-22(15-28-21-11-6-17(7-12-21)8-13-23(26)27)25-24(29-16)20-10-9-18-4-2-3-5-19(18)14-20/h2-14H,15H2,1H3,(H,26,27). The number of carboxylic acids is 1. The maximum Gasteiger partial charge on any atom is 0.328 e. The lowest BCUT2D eigenvalue weighted by molar-refractivity contribution is -0.131. The van der Waals surface area contributed by atoms with E-state index in [-0.39, 0.29) is 6.61 Å². The summed E-state index contributed by atoms with van der Waals surface area (Å²) in [6.45, 7) is 2.16. The van der Waals surface area contributed by atoms with Crippen LogP contribution in [0.25, 0.3) is 28.3 Å². The summed E-state index contributed by atoms with van der Waals surface area (Å²) in [5.41, 5.74) is 2.45. The minimum atomic E-state index is -0.978. The van der Waals surface area contributed by atoms with Crippen LogP contribution in [-0.4, -0.2) is 16.1 Å². The molecular weight excluding hydrogens is 366 g/mol. The van der Waals surface area contributed by atoms with Crippen LogP contribution >= 0.6 is 0 Å². The van der Waals surface area contributed by atoms with E-state index >= 15 is 0 Å². The predicted octanol–water partition coefficient (Wildman–Crippen LogP) is 5.48. The Labute approximate surface area is 167 Å². The van der Waals surface area contributed by atoms with Gasteiger partial charge < -0.3 is 14.3 Å². The van der Waals surface area contributed by atoms with Crippen molar-refractivity contribution in [1.82, 2.24) is 4.98 Å². The smallest absolute Gasteiger partial charge is 0.328 e. The molecule has 0 spiro atoms. The monoisotopic (exact) mass is 385 g/mol. The number of hydrogen-bond acceptors (Lipinski definition) is 4. The lowest BCUT2D eigenvalue weighted by atomic mass is 10.1. The van der Waals surface area contributed by atoms with Crippen LogP contribution in [0.3, 0.4) is 0 Å². The van der Waals surface area contributed by atoms with Gasteiger partial charge in [-0.15, -0.1) is 0 Å². The first kappa shape index (κ1) is 18.5. The Kier molecular flexibility index (Phi) is 5.12. The number of carbonyl (C=O) groups is 1. The number of rotatable bonds is 6. The van der Waals surface area contributed by atoms with Crippen molar-refractivity contribution in [3.8, 4) is 17.2 Å². The summed E-state index contributed by atoms with van der Waals surface area (Å²) in [7, 11) is 0. The third-order valence-corrected chi connectivity index (χ3v) is 4.56. The van der Waals surface area contributed by atoms with Crippen molar-refractivity contribution < 1.29 is 19.1 Å². The number of carboxylic acid groups (broad SMARTS) is 1. The fourth-order valence-corrected chi connectivity index (χ4v) is 3.00. The molecule has 0 unspecified atom stereocenters. The van der Waals surface area contributed by atoms with Gasteiger partial charge >= 0.3 is 5.97 Å². The molecule has 29 heavy (non-hydrogen) atoms. The molecule has 5 nitrogen and oxygen atoms in total. The first-order chi connectivity index (χ1) is 14.1. The first-order valence-electron chi connectivity index (χ1n) is 9.18. The number of hydrogen-bond donors (Lipinski definition) is 1. The van der Waals surface area contributed by atoms with E-state index in [9.17, 15) is 4.79 Å². The molecule has 1 heterocycles. The summed E-state index contributed by atoms with van der Waals surface area (Å²) in [5.74, 6) is 0.983. The Morgan fingerprint density at radius 1 is 1.07 bits per heavy atom. The van der Waals surface area contributed by atoms with E-state index in [0.29, 0.717) is 17.4 Å². The van der Waals surface area contributed by atoms with Crippen LogP contribution in [0.1, 0.15) is 17.0 Å². The van der Waals surface area contributed by atoms with Crippen LogP contribution in [-0.2, 0) is 11.4 Å². The molecule has 5 heteroatoms. The molecule has 0 aliphatic carbocycles. The average molecular weight is 385 g/mol. The highest BCUT2D eigenvalue weighted by atomic mass is 16.5. The van der Waals surface area contributed by atoms with E-state index in [1.165, 1.54) is 11.5 Å². The van der Waals surface area contributed by atoms with Crippen molar-refractivity contribution in [2.75, 3.05) is 0 Å². The molecule has 4 aromatic rings. The topological polar surface area (TPSA) is 72.6 Å². The molecule has 3 aromatic carbocycles. The van der Waals surface area contributed by atoms with Gasteiger partial charge in [0.25, 0.3) is 0 Å². The second kappa shape index (κ2) is 8.02. The molecule has 0 bridgehead atoms. The Morgan fingerprint density at radius 3 is 2.59 bits per heavy atom. The molecule has 144 valence electrons. The molecule has 1 aromatic heterocycles. The highest BCUT2D eigenvalue weighted by Crippen LogP contribution is 2.26. The molecular formula is C24H19NO4. The Morgan fingerprint density at radius 2 is 1.83 bits per heavy atom. The zero-order valence-corrected chi connectivity index (χ0v) is 15.8. The highest BCUT2D eigenvalue weighted by Gasteiger charge is 2.12. The number of fused-ring (bicyclic) bond motifs is 1. The minimum Gasteiger partial charge on any atom is -0.487 e. The quantitative estimate of drug-likeness (QED) is 0.445. The van der Waals surface area contributed by atoms with Crippen LogP contribution < -0.4 is 4.74 Å². The fourth-order valence-electron chi connectivity index (χ4n) is 3.00. The van der Waals surface area contributed by atoms with Crippen LogP contribution in [0, 0.1) is 6.92 Å². The maximum absolute atomic E-state index is 10.6. The minimum absolute atomic E-state index is 0.285. The van der Waals surface area contributed by atoms with E-state index in [1.807, 2.05) is 25.1 Å². The molecule has 4 rings (SSSR count). The maximum atomic E-state index is 10.6. The van der Waals surface area contributed by atoms with Crippen molar-refractivity contribution >= 4 is 22.8 Å². The molecule has 0 aliphatic heterocycles. The van der Waals surface area contributed by atoms with E-state index in [0.717, 1.165) is 28.3 Å². The highest BCUT2D eigenvalue weighted by molar-refractivity contribution is 5.86.